The standard InChI is InChI=1S/C23H22N2O4/c1-27-20-4-2-3-16(13-20)11-12-24-18-6-8-19(9-7-18)25-23(26)17-5-10-21-22(14-17)29-15-28-21/h2-10,13-14,24H,11-12,15H2,1H3,(H,25,26). The van der Waals surface area contributed by atoms with Gasteiger partial charge >= 0.3 is 0 Å². The zero-order valence-corrected chi connectivity index (χ0v) is 16.1. The lowest BCUT2D eigenvalue weighted by Gasteiger charge is -2.10. The summed E-state index contributed by atoms with van der Waals surface area (Å²) in [6, 6.07) is 20.8. The topological polar surface area (TPSA) is 68.8 Å². The number of rotatable bonds is 7. The van der Waals surface area contributed by atoms with E-state index in [-0.39, 0.29) is 12.7 Å². The second-order valence-corrected chi connectivity index (χ2v) is 6.63. The van der Waals surface area contributed by atoms with Gasteiger partial charge in [-0.2, -0.15) is 0 Å². The highest BCUT2D eigenvalue weighted by Gasteiger charge is 2.16. The molecule has 0 fully saturated rings. The highest BCUT2D eigenvalue weighted by molar-refractivity contribution is 6.04. The van der Waals surface area contributed by atoms with Crippen molar-refractivity contribution in [2.24, 2.45) is 0 Å². The predicted octanol–water partition coefficient (Wildman–Crippen LogP) is 4.33. The van der Waals surface area contributed by atoms with Gasteiger partial charge in [0.2, 0.25) is 6.79 Å². The summed E-state index contributed by atoms with van der Waals surface area (Å²) in [5.74, 6) is 1.92. The number of hydrogen-bond donors (Lipinski definition) is 2. The molecule has 6 heteroatoms. The fourth-order valence-corrected chi connectivity index (χ4v) is 3.09. The Kier molecular flexibility index (Phi) is 5.52. The molecular weight excluding hydrogens is 368 g/mol. The van der Waals surface area contributed by atoms with E-state index in [0.29, 0.717) is 17.1 Å². The van der Waals surface area contributed by atoms with Crippen LogP contribution < -0.4 is 24.8 Å². The molecule has 148 valence electrons. The molecule has 0 spiro atoms. The van der Waals surface area contributed by atoms with Gasteiger partial charge in [0.1, 0.15) is 5.75 Å². The molecule has 1 heterocycles. The Morgan fingerprint density at radius 1 is 0.966 bits per heavy atom. The Morgan fingerprint density at radius 3 is 2.59 bits per heavy atom. The molecule has 0 atom stereocenters. The van der Waals surface area contributed by atoms with Crippen LogP contribution >= 0.6 is 0 Å². The van der Waals surface area contributed by atoms with Gasteiger partial charge in [0.25, 0.3) is 5.91 Å². The highest BCUT2D eigenvalue weighted by Crippen LogP contribution is 2.32. The zero-order valence-electron chi connectivity index (χ0n) is 16.1. The van der Waals surface area contributed by atoms with E-state index >= 15 is 0 Å². The van der Waals surface area contributed by atoms with Crippen LogP contribution in [0.15, 0.2) is 66.7 Å². The van der Waals surface area contributed by atoms with Crippen molar-refractivity contribution in [2.75, 3.05) is 31.1 Å². The molecule has 0 unspecified atom stereocenters. The molecule has 2 N–H and O–H groups in total. The minimum atomic E-state index is -0.193. The largest absolute Gasteiger partial charge is 0.497 e. The van der Waals surface area contributed by atoms with Crippen LogP contribution in [0.25, 0.3) is 0 Å². The average molecular weight is 390 g/mol. The Bertz CT molecular complexity index is 1000. The summed E-state index contributed by atoms with van der Waals surface area (Å²) in [4.78, 5) is 12.4. The van der Waals surface area contributed by atoms with Gasteiger partial charge in [-0.15, -0.1) is 0 Å². The lowest BCUT2D eigenvalue weighted by molar-refractivity contribution is 0.102. The van der Waals surface area contributed by atoms with Gasteiger partial charge in [-0.05, 0) is 66.6 Å². The number of carbonyl (C=O) groups is 1. The van der Waals surface area contributed by atoms with Crippen molar-refractivity contribution in [3.05, 3.63) is 77.9 Å². The Labute approximate surface area is 169 Å². The molecule has 6 nitrogen and oxygen atoms in total. The quantitative estimate of drug-likeness (QED) is 0.628. The van der Waals surface area contributed by atoms with Gasteiger partial charge in [0, 0.05) is 23.5 Å². The molecule has 1 amide bonds. The Morgan fingerprint density at radius 2 is 1.76 bits per heavy atom. The number of hydrogen-bond acceptors (Lipinski definition) is 5. The summed E-state index contributed by atoms with van der Waals surface area (Å²) in [5, 5.41) is 6.28. The minimum Gasteiger partial charge on any atom is -0.497 e. The summed E-state index contributed by atoms with van der Waals surface area (Å²) in [6.45, 7) is 0.989. The molecule has 1 aliphatic rings. The number of benzene rings is 3. The lowest BCUT2D eigenvalue weighted by Crippen LogP contribution is -2.12. The second-order valence-electron chi connectivity index (χ2n) is 6.63. The van der Waals surface area contributed by atoms with Crippen molar-refractivity contribution in [3.63, 3.8) is 0 Å². The van der Waals surface area contributed by atoms with Crippen molar-refractivity contribution in [1.82, 2.24) is 0 Å². The Hall–Kier alpha value is -3.67. The first kappa shape index (κ1) is 18.7. The number of methoxy groups -OCH3 is 1. The average Bonchev–Trinajstić information content (AvgIpc) is 3.23. The third-order valence-corrected chi connectivity index (χ3v) is 4.65. The maximum absolute atomic E-state index is 12.4. The van der Waals surface area contributed by atoms with Gasteiger partial charge < -0.3 is 24.8 Å². The number of carbonyl (C=O) groups excluding carboxylic acids is 1. The molecule has 0 aromatic heterocycles. The number of amides is 1. The first-order chi connectivity index (χ1) is 14.2. The summed E-state index contributed by atoms with van der Waals surface area (Å²) < 4.78 is 15.8. The molecular formula is C23H22N2O4. The van der Waals surface area contributed by atoms with E-state index < -0.39 is 0 Å². The van der Waals surface area contributed by atoms with Gasteiger partial charge in [-0.3, -0.25) is 4.79 Å². The smallest absolute Gasteiger partial charge is 0.255 e. The van der Waals surface area contributed by atoms with Crippen LogP contribution in [-0.2, 0) is 6.42 Å². The predicted molar refractivity (Wildman–Crippen MR) is 112 cm³/mol. The van der Waals surface area contributed by atoms with Crippen molar-refractivity contribution in [3.8, 4) is 17.2 Å². The lowest BCUT2D eigenvalue weighted by atomic mass is 10.1. The van der Waals surface area contributed by atoms with Gasteiger partial charge in [-0.1, -0.05) is 12.1 Å². The van der Waals surface area contributed by atoms with Crippen LogP contribution in [0.4, 0.5) is 11.4 Å². The van der Waals surface area contributed by atoms with Crippen LogP contribution in [0, 0.1) is 0 Å². The number of nitrogens with one attached hydrogen (secondary N) is 2. The first-order valence-corrected chi connectivity index (χ1v) is 9.39. The number of anilines is 2. The molecule has 0 bridgehead atoms. The van der Waals surface area contributed by atoms with E-state index in [4.69, 9.17) is 14.2 Å². The molecule has 0 radical (unpaired) electrons. The molecule has 3 aromatic carbocycles. The second kappa shape index (κ2) is 8.56. The maximum atomic E-state index is 12.4. The van der Waals surface area contributed by atoms with Gasteiger partial charge in [0.05, 0.1) is 7.11 Å². The number of ether oxygens (including phenoxy) is 3. The fraction of sp³-hybridized carbons (Fsp3) is 0.174. The maximum Gasteiger partial charge on any atom is 0.255 e. The van der Waals surface area contributed by atoms with E-state index in [2.05, 4.69) is 16.7 Å². The van der Waals surface area contributed by atoms with Crippen LogP contribution in [0.1, 0.15) is 15.9 Å². The third kappa shape index (κ3) is 4.60. The summed E-state index contributed by atoms with van der Waals surface area (Å²) in [5.41, 5.74) is 3.46. The summed E-state index contributed by atoms with van der Waals surface area (Å²) in [7, 11) is 1.67. The monoisotopic (exact) mass is 390 g/mol. The Balaban J connectivity index is 1.30. The molecule has 0 saturated heterocycles. The zero-order chi connectivity index (χ0) is 20.1. The summed E-state index contributed by atoms with van der Waals surface area (Å²) >= 11 is 0. The van der Waals surface area contributed by atoms with E-state index in [9.17, 15) is 4.79 Å². The van der Waals surface area contributed by atoms with Crippen LogP contribution in [-0.4, -0.2) is 26.4 Å². The first-order valence-electron chi connectivity index (χ1n) is 9.39. The van der Waals surface area contributed by atoms with E-state index in [0.717, 1.165) is 30.1 Å². The van der Waals surface area contributed by atoms with E-state index in [1.165, 1.54) is 5.56 Å². The summed E-state index contributed by atoms with van der Waals surface area (Å²) in [6.07, 6.45) is 0.889. The van der Waals surface area contributed by atoms with Crippen molar-refractivity contribution in [2.45, 2.75) is 6.42 Å². The molecule has 29 heavy (non-hydrogen) atoms. The molecule has 0 aliphatic carbocycles. The SMILES string of the molecule is COc1cccc(CCNc2ccc(NC(=O)c3ccc4c(c3)OCO4)cc2)c1. The van der Waals surface area contributed by atoms with Crippen molar-refractivity contribution < 1.29 is 19.0 Å². The minimum absolute atomic E-state index is 0.187. The van der Waals surface area contributed by atoms with E-state index in [1.54, 1.807) is 25.3 Å². The molecule has 0 saturated carbocycles. The molecule has 3 aromatic rings. The van der Waals surface area contributed by atoms with Crippen molar-refractivity contribution in [1.29, 1.82) is 0 Å². The van der Waals surface area contributed by atoms with Gasteiger partial charge in [-0.25, -0.2) is 0 Å². The number of fused-ring (bicyclic) bond motifs is 1. The third-order valence-electron chi connectivity index (χ3n) is 4.65. The fourth-order valence-electron chi connectivity index (χ4n) is 3.09. The molecule has 4 rings (SSSR count). The van der Waals surface area contributed by atoms with Crippen LogP contribution in [0.3, 0.4) is 0 Å². The molecule has 1 aliphatic heterocycles. The van der Waals surface area contributed by atoms with Gasteiger partial charge in [0.15, 0.2) is 11.5 Å². The van der Waals surface area contributed by atoms with Crippen LogP contribution in [0.2, 0.25) is 0 Å². The normalized spacial score (nSPS) is 11.8. The van der Waals surface area contributed by atoms with E-state index in [1.807, 2.05) is 42.5 Å². The highest BCUT2D eigenvalue weighted by atomic mass is 16.7. The van der Waals surface area contributed by atoms with Crippen molar-refractivity contribution >= 4 is 17.3 Å². The van der Waals surface area contributed by atoms with Crippen LogP contribution in [0.5, 0.6) is 17.2 Å².